The Morgan fingerprint density at radius 1 is 0.324 bits per heavy atom. The molecule has 2 nitrogen and oxygen atoms in total. The van der Waals surface area contributed by atoms with Crippen LogP contribution in [0.15, 0.2) is 164 Å². The lowest BCUT2D eigenvalue weighted by molar-refractivity contribution is 0.0973. The van der Waals surface area contributed by atoms with Gasteiger partial charge in [0, 0.05) is 22.3 Å². The summed E-state index contributed by atoms with van der Waals surface area (Å²) in [5, 5.41) is 0. The summed E-state index contributed by atoms with van der Waals surface area (Å²) >= 11 is 0. The van der Waals surface area contributed by atoms with E-state index in [9.17, 15) is 9.59 Å². The van der Waals surface area contributed by atoms with Crippen molar-refractivity contribution >= 4 is 11.6 Å². The first kappa shape index (κ1) is 59.6. The molecule has 372 valence electrons. The molecule has 0 spiro atoms. The van der Waals surface area contributed by atoms with Gasteiger partial charge in [0.05, 0.1) is 0 Å². The Labute approximate surface area is 418 Å². The summed E-state index contributed by atoms with van der Waals surface area (Å²) in [7, 11) is 0. The highest BCUT2D eigenvalue weighted by atomic mass is 16.1. The molecule has 68 heavy (non-hydrogen) atoms. The van der Waals surface area contributed by atoms with Crippen LogP contribution in [0.25, 0.3) is 0 Å². The van der Waals surface area contributed by atoms with Gasteiger partial charge >= 0.3 is 0 Å². The summed E-state index contributed by atoms with van der Waals surface area (Å²) in [4.78, 5) is 25.9. The Morgan fingerprint density at radius 2 is 0.544 bits per heavy atom. The zero-order chi connectivity index (χ0) is 50.3. The minimum atomic E-state index is -0.0234. The summed E-state index contributed by atoms with van der Waals surface area (Å²) in [6.07, 6.45) is 49.5. The lowest BCUT2D eigenvalue weighted by Gasteiger charge is -2.18. The van der Waals surface area contributed by atoms with Gasteiger partial charge in [-0.05, 0) is 225 Å². The standard InChI is InChI=1S/C66H96O2/c1-50(2)26-16-27-51(3)28-17-29-52(4)30-18-31-53(5)32-19-33-54(6)34-20-35-55(7)36-21-37-56(8)38-22-39-57(9)40-23-41-58(10)42-24-43-59(11)44-25-45-60(12)48-49-62-61(13)65(67)63-46-14-15-47-64(63)66(62)68/h14-15,26,28,30,32,34,36,38,40,42,44,46-48H,16-25,27,29,31,33,35,37,39,41,43,45,49H2,1-13H3/b51-28+,52-30+,53-32+,54-34-,55-36+,56-38+,57-40+,58-42+,59-44+,60-48+. The van der Waals surface area contributed by atoms with Crippen molar-refractivity contribution in [2.75, 3.05) is 0 Å². The topological polar surface area (TPSA) is 34.1 Å². The maximum Gasteiger partial charge on any atom is 0.190 e. The summed E-state index contributed by atoms with van der Waals surface area (Å²) in [6, 6.07) is 7.17. The molecule has 0 fully saturated rings. The molecule has 0 radical (unpaired) electrons. The Hall–Kier alpha value is -4.56. The van der Waals surface area contributed by atoms with Crippen molar-refractivity contribution in [2.24, 2.45) is 0 Å². The van der Waals surface area contributed by atoms with Crippen LogP contribution in [0.1, 0.15) is 246 Å². The maximum atomic E-state index is 13.1. The van der Waals surface area contributed by atoms with Gasteiger partial charge in [0.2, 0.25) is 0 Å². The number of fused-ring (bicyclic) bond motifs is 1. The van der Waals surface area contributed by atoms with E-state index >= 15 is 0 Å². The normalized spacial score (nSPS) is 15.5. The van der Waals surface area contributed by atoms with E-state index in [4.69, 9.17) is 0 Å². The van der Waals surface area contributed by atoms with Crippen LogP contribution >= 0.6 is 0 Å². The fraction of sp³-hybridized carbons (Fsp3) is 0.515. The number of allylic oxidation sites excluding steroid dienone is 24. The number of hydrogen-bond donors (Lipinski definition) is 0. The first-order valence-electron chi connectivity index (χ1n) is 26.5. The van der Waals surface area contributed by atoms with Crippen molar-refractivity contribution in [3.8, 4) is 0 Å². The number of Topliss-reactive ketones (excluding diaryl/α,β-unsaturated/α-hetero) is 2. The van der Waals surface area contributed by atoms with Gasteiger partial charge in [-0.25, -0.2) is 0 Å². The van der Waals surface area contributed by atoms with Gasteiger partial charge in [-0.3, -0.25) is 9.59 Å². The molecule has 0 atom stereocenters. The van der Waals surface area contributed by atoms with Crippen LogP contribution in [0.5, 0.6) is 0 Å². The molecular weight excluding hydrogens is 825 g/mol. The van der Waals surface area contributed by atoms with Crippen LogP contribution in [0.2, 0.25) is 0 Å². The van der Waals surface area contributed by atoms with E-state index in [-0.39, 0.29) is 11.6 Å². The third kappa shape index (κ3) is 26.8. The highest BCUT2D eigenvalue weighted by molar-refractivity contribution is 6.26. The van der Waals surface area contributed by atoms with Crippen LogP contribution in [0.3, 0.4) is 0 Å². The second-order valence-electron chi connectivity index (χ2n) is 20.7. The summed E-state index contributed by atoms with van der Waals surface area (Å²) < 4.78 is 0. The van der Waals surface area contributed by atoms with Crippen LogP contribution in [0.4, 0.5) is 0 Å². The SMILES string of the molecule is CC(C)=CCC/C(C)=C/CC/C(C)=C/CC/C(C)=C/CC/C(C)=C\CC/C(C)=C/CC/C(C)=C/CC/C(C)=C/CC/C(C)=C/CC/C(C)=C/CC/C(C)=C/CC1=C(C)C(=O)c2ccccc2C1=O. The molecule has 0 heterocycles. The first-order chi connectivity index (χ1) is 32.5. The average Bonchev–Trinajstić information content (AvgIpc) is 3.28. The van der Waals surface area contributed by atoms with Crippen LogP contribution in [-0.4, -0.2) is 11.6 Å². The molecule has 0 amide bonds. The molecule has 0 aliphatic heterocycles. The van der Waals surface area contributed by atoms with E-state index in [1.807, 2.05) is 12.1 Å². The van der Waals surface area contributed by atoms with Crippen molar-refractivity contribution in [3.63, 3.8) is 0 Å². The predicted molar refractivity (Wildman–Crippen MR) is 302 cm³/mol. The number of rotatable bonds is 32. The molecule has 2 heteroatoms. The Morgan fingerprint density at radius 3 is 0.794 bits per heavy atom. The van der Waals surface area contributed by atoms with E-state index in [0.717, 1.165) is 103 Å². The molecule has 1 aliphatic rings. The van der Waals surface area contributed by atoms with Crippen molar-refractivity contribution in [1.82, 2.24) is 0 Å². The summed E-state index contributed by atoms with van der Waals surface area (Å²) in [5.74, 6) is -0.0322. The van der Waals surface area contributed by atoms with Crippen LogP contribution < -0.4 is 0 Å². The van der Waals surface area contributed by atoms with E-state index in [1.54, 1.807) is 19.1 Å². The third-order valence-corrected chi connectivity index (χ3v) is 13.5. The molecule has 0 saturated heterocycles. The van der Waals surface area contributed by atoms with Crippen molar-refractivity contribution in [3.05, 3.63) is 175 Å². The van der Waals surface area contributed by atoms with Gasteiger partial charge in [0.1, 0.15) is 0 Å². The van der Waals surface area contributed by atoms with Gasteiger partial charge in [-0.15, -0.1) is 0 Å². The van der Waals surface area contributed by atoms with E-state index in [0.29, 0.717) is 28.7 Å². The minimum Gasteiger partial charge on any atom is -0.289 e. The molecular formula is C66H96O2. The number of benzene rings is 1. The van der Waals surface area contributed by atoms with Gasteiger partial charge in [0.15, 0.2) is 11.6 Å². The second-order valence-corrected chi connectivity index (χ2v) is 20.7. The largest absolute Gasteiger partial charge is 0.289 e. The van der Waals surface area contributed by atoms with Crippen molar-refractivity contribution < 1.29 is 9.59 Å². The van der Waals surface area contributed by atoms with E-state index in [1.165, 1.54) is 87.0 Å². The van der Waals surface area contributed by atoms with Crippen LogP contribution in [-0.2, 0) is 0 Å². The minimum absolute atomic E-state index is 0.00888. The van der Waals surface area contributed by atoms with Crippen molar-refractivity contribution in [1.29, 1.82) is 0 Å². The lowest BCUT2D eigenvalue weighted by Crippen LogP contribution is -2.20. The van der Waals surface area contributed by atoms with Gasteiger partial charge in [-0.2, -0.15) is 0 Å². The average molecular weight is 921 g/mol. The molecule has 0 bridgehead atoms. The fourth-order valence-corrected chi connectivity index (χ4v) is 8.60. The zero-order valence-corrected chi connectivity index (χ0v) is 45.8. The molecule has 1 aromatic rings. The van der Waals surface area contributed by atoms with Gasteiger partial charge in [0.25, 0.3) is 0 Å². The van der Waals surface area contributed by atoms with Gasteiger partial charge < -0.3 is 0 Å². The van der Waals surface area contributed by atoms with Gasteiger partial charge in [-0.1, -0.05) is 152 Å². The molecule has 0 saturated carbocycles. The smallest absolute Gasteiger partial charge is 0.190 e. The molecule has 1 aromatic carbocycles. The lowest BCUT2D eigenvalue weighted by atomic mass is 9.83. The highest BCUT2D eigenvalue weighted by Gasteiger charge is 2.28. The highest BCUT2D eigenvalue weighted by Crippen LogP contribution is 2.29. The number of hydrogen-bond acceptors (Lipinski definition) is 2. The summed E-state index contributed by atoms with van der Waals surface area (Å²) in [5.41, 5.74) is 18.5. The fourth-order valence-electron chi connectivity index (χ4n) is 8.60. The number of carbonyl (C=O) groups is 2. The van der Waals surface area contributed by atoms with Crippen molar-refractivity contribution in [2.45, 2.75) is 225 Å². The molecule has 1 aliphatic carbocycles. The van der Waals surface area contributed by atoms with E-state index < -0.39 is 0 Å². The van der Waals surface area contributed by atoms with Crippen LogP contribution in [0, 0.1) is 0 Å². The Bertz CT molecular complexity index is 2140. The van der Waals surface area contributed by atoms with E-state index in [2.05, 4.69) is 150 Å². The zero-order valence-electron chi connectivity index (χ0n) is 45.8. The Balaban J connectivity index is 1.57. The molecule has 0 N–H and O–H groups in total. The first-order valence-corrected chi connectivity index (χ1v) is 26.5. The quantitative estimate of drug-likeness (QED) is 0.0675. The molecule has 0 unspecified atom stereocenters. The maximum absolute atomic E-state index is 13.1. The summed E-state index contributed by atoms with van der Waals surface area (Å²) in [6.45, 7) is 28.9. The molecule has 2 rings (SSSR count). The number of carbonyl (C=O) groups excluding carboxylic acids is 2. The monoisotopic (exact) mass is 921 g/mol. The third-order valence-electron chi connectivity index (χ3n) is 13.5. The Kier molecular flexibility index (Phi) is 30.4. The second kappa shape index (κ2) is 34.7. The number of ketones is 2. The predicted octanol–water partition coefficient (Wildman–Crippen LogP) is 21.0. The molecule has 0 aromatic heterocycles.